The van der Waals surface area contributed by atoms with E-state index in [0.29, 0.717) is 25.0 Å². The minimum Gasteiger partial charge on any atom is -0.469 e. The largest absolute Gasteiger partial charge is 0.469 e. The second-order valence-corrected chi connectivity index (χ2v) is 8.15. The molecule has 3 aromatic rings. The summed E-state index contributed by atoms with van der Waals surface area (Å²) in [6, 6.07) is 9.53. The number of aryl methyl sites for hydroxylation is 1. The summed E-state index contributed by atoms with van der Waals surface area (Å²) in [7, 11) is 1.37. The van der Waals surface area contributed by atoms with Gasteiger partial charge in [-0.25, -0.2) is 4.79 Å². The van der Waals surface area contributed by atoms with Crippen LogP contribution in [0.4, 0.5) is 0 Å². The molecule has 3 N–H and O–H groups in total. The number of esters is 2. The highest BCUT2D eigenvalue weighted by molar-refractivity contribution is 5.90. The molecule has 0 amide bonds. The Morgan fingerprint density at radius 3 is 2.48 bits per heavy atom. The molecule has 2 aromatic heterocycles. The van der Waals surface area contributed by atoms with E-state index in [9.17, 15) is 14.7 Å². The van der Waals surface area contributed by atoms with Crippen molar-refractivity contribution in [1.82, 2.24) is 9.97 Å². The van der Waals surface area contributed by atoms with Crippen molar-refractivity contribution in [3.63, 3.8) is 0 Å². The third kappa shape index (κ3) is 6.14. The summed E-state index contributed by atoms with van der Waals surface area (Å²) < 4.78 is 10.4. The van der Waals surface area contributed by atoms with Crippen molar-refractivity contribution in [3.8, 4) is 0 Å². The molecular formula is C26H32N2O5. The molecule has 0 unspecified atom stereocenters. The molecule has 0 saturated heterocycles. The van der Waals surface area contributed by atoms with E-state index < -0.39 is 5.97 Å². The lowest BCUT2D eigenvalue weighted by atomic mass is 9.99. The summed E-state index contributed by atoms with van der Waals surface area (Å²) in [5.74, 6) is -0.723. The Kier molecular flexibility index (Phi) is 8.49. The molecule has 0 bridgehead atoms. The molecule has 1 aromatic carbocycles. The lowest BCUT2D eigenvalue weighted by molar-refractivity contribution is -0.140. The van der Waals surface area contributed by atoms with Crippen LogP contribution in [0, 0.1) is 13.8 Å². The van der Waals surface area contributed by atoms with E-state index in [1.54, 1.807) is 0 Å². The van der Waals surface area contributed by atoms with Crippen LogP contribution in [0.25, 0.3) is 0 Å². The van der Waals surface area contributed by atoms with E-state index in [2.05, 4.69) is 9.97 Å². The number of benzene rings is 1. The van der Waals surface area contributed by atoms with Gasteiger partial charge in [0.05, 0.1) is 7.11 Å². The second kappa shape index (κ2) is 11.5. The first-order valence-electron chi connectivity index (χ1n) is 11.2. The van der Waals surface area contributed by atoms with Gasteiger partial charge in [0.1, 0.15) is 12.3 Å². The molecule has 7 nitrogen and oxygen atoms in total. The first-order valence-corrected chi connectivity index (χ1v) is 11.2. The van der Waals surface area contributed by atoms with E-state index >= 15 is 0 Å². The van der Waals surface area contributed by atoms with Gasteiger partial charge in [0.2, 0.25) is 0 Å². The molecule has 0 saturated carbocycles. The Labute approximate surface area is 194 Å². The molecule has 7 heteroatoms. The molecule has 0 aliphatic rings. The quantitative estimate of drug-likeness (QED) is 0.382. The zero-order valence-corrected chi connectivity index (χ0v) is 19.5. The van der Waals surface area contributed by atoms with Crippen LogP contribution in [0.5, 0.6) is 0 Å². The molecule has 176 valence electrons. The van der Waals surface area contributed by atoms with Crippen LogP contribution in [-0.4, -0.2) is 40.7 Å². The predicted octanol–water partition coefficient (Wildman–Crippen LogP) is 3.94. The maximum atomic E-state index is 12.9. The Morgan fingerprint density at radius 2 is 1.79 bits per heavy atom. The molecule has 3 rings (SSSR count). The van der Waals surface area contributed by atoms with Crippen molar-refractivity contribution in [2.75, 3.05) is 13.7 Å². The number of H-pyrrole nitrogens is 2. The van der Waals surface area contributed by atoms with E-state index in [0.717, 1.165) is 40.1 Å². The number of aromatic amines is 2. The van der Waals surface area contributed by atoms with E-state index in [1.165, 1.54) is 12.7 Å². The lowest BCUT2D eigenvalue weighted by Gasteiger charge is -2.08. The molecule has 0 atom stereocenters. The average Bonchev–Trinajstić information content (AvgIpc) is 3.33. The number of aromatic nitrogens is 2. The zero-order valence-electron chi connectivity index (χ0n) is 19.5. The number of hydrogen-bond donors (Lipinski definition) is 3. The number of ether oxygens (including phenoxy) is 2. The van der Waals surface area contributed by atoms with Crippen LogP contribution in [0.2, 0.25) is 0 Å². The lowest BCUT2D eigenvalue weighted by Crippen LogP contribution is -2.07. The minimum atomic E-state index is -0.426. The van der Waals surface area contributed by atoms with Crippen LogP contribution in [-0.2, 0) is 40.1 Å². The van der Waals surface area contributed by atoms with Gasteiger partial charge in [-0.3, -0.25) is 4.79 Å². The van der Waals surface area contributed by atoms with E-state index in [4.69, 9.17) is 9.47 Å². The molecular weight excluding hydrogens is 420 g/mol. The van der Waals surface area contributed by atoms with Gasteiger partial charge in [-0.05, 0) is 60.9 Å². The molecule has 0 fully saturated rings. The van der Waals surface area contributed by atoms with Gasteiger partial charge in [0.25, 0.3) is 0 Å². The Bertz CT molecular complexity index is 1080. The average molecular weight is 453 g/mol. The summed E-state index contributed by atoms with van der Waals surface area (Å²) in [5, 5.41) is 9.25. The third-order valence-electron chi connectivity index (χ3n) is 5.93. The van der Waals surface area contributed by atoms with Crippen LogP contribution < -0.4 is 0 Å². The van der Waals surface area contributed by atoms with Crippen molar-refractivity contribution < 1.29 is 24.2 Å². The fourth-order valence-electron chi connectivity index (χ4n) is 4.06. The zero-order chi connectivity index (χ0) is 23.8. The van der Waals surface area contributed by atoms with Crippen LogP contribution in [0.3, 0.4) is 0 Å². The summed E-state index contributed by atoms with van der Waals surface area (Å²) >= 11 is 0. The number of carbonyl (C=O) groups excluding carboxylic acids is 2. The molecule has 0 radical (unpaired) electrons. The van der Waals surface area contributed by atoms with Gasteiger partial charge < -0.3 is 24.5 Å². The van der Waals surface area contributed by atoms with Crippen LogP contribution in [0.1, 0.15) is 62.5 Å². The number of rotatable bonds is 11. The predicted molar refractivity (Wildman–Crippen MR) is 125 cm³/mol. The van der Waals surface area contributed by atoms with Gasteiger partial charge in [0.15, 0.2) is 0 Å². The van der Waals surface area contributed by atoms with E-state index in [-0.39, 0.29) is 25.6 Å². The molecule has 0 aliphatic heterocycles. The number of aliphatic hydroxyl groups excluding tert-OH is 1. The molecule has 33 heavy (non-hydrogen) atoms. The fraction of sp³-hybridized carbons (Fsp3) is 0.385. The second-order valence-electron chi connectivity index (χ2n) is 8.15. The van der Waals surface area contributed by atoms with Crippen molar-refractivity contribution in [2.45, 2.75) is 52.6 Å². The van der Waals surface area contributed by atoms with Crippen molar-refractivity contribution in [3.05, 3.63) is 81.4 Å². The van der Waals surface area contributed by atoms with Gasteiger partial charge in [0, 0.05) is 37.0 Å². The topological polar surface area (TPSA) is 104 Å². The maximum Gasteiger partial charge on any atom is 0.355 e. The minimum absolute atomic E-state index is 0.132. The highest BCUT2D eigenvalue weighted by Crippen LogP contribution is 2.26. The van der Waals surface area contributed by atoms with Gasteiger partial charge in [-0.1, -0.05) is 30.3 Å². The van der Waals surface area contributed by atoms with Crippen molar-refractivity contribution in [2.24, 2.45) is 0 Å². The fourth-order valence-corrected chi connectivity index (χ4v) is 4.06. The first-order chi connectivity index (χ1) is 15.9. The molecule has 0 aliphatic carbocycles. The molecule has 0 spiro atoms. The van der Waals surface area contributed by atoms with Gasteiger partial charge in [-0.2, -0.15) is 0 Å². The Hall–Kier alpha value is -3.32. The number of hydrogen-bond acceptors (Lipinski definition) is 5. The third-order valence-corrected chi connectivity index (χ3v) is 5.93. The van der Waals surface area contributed by atoms with Crippen molar-refractivity contribution >= 4 is 11.9 Å². The van der Waals surface area contributed by atoms with Gasteiger partial charge in [-0.15, -0.1) is 0 Å². The van der Waals surface area contributed by atoms with Crippen molar-refractivity contribution in [1.29, 1.82) is 0 Å². The normalized spacial score (nSPS) is 10.9. The SMILES string of the molecule is COC(=O)CCc1c(Cc2[nH]cc(C)c2CCCO)[nH]c(C(=O)OCc2ccccc2)c1C. The highest BCUT2D eigenvalue weighted by atomic mass is 16.5. The van der Waals surface area contributed by atoms with Crippen LogP contribution >= 0.6 is 0 Å². The smallest absolute Gasteiger partial charge is 0.355 e. The summed E-state index contributed by atoms with van der Waals surface area (Å²) in [6.07, 6.45) is 4.65. The van der Waals surface area contributed by atoms with Gasteiger partial charge >= 0.3 is 11.9 Å². The number of aliphatic hydroxyl groups is 1. The highest BCUT2D eigenvalue weighted by Gasteiger charge is 2.22. The van der Waals surface area contributed by atoms with E-state index in [1.807, 2.05) is 50.4 Å². The Morgan fingerprint density at radius 1 is 1.03 bits per heavy atom. The summed E-state index contributed by atoms with van der Waals surface area (Å²) in [6.45, 7) is 4.23. The first kappa shape index (κ1) is 24.3. The maximum absolute atomic E-state index is 12.9. The number of methoxy groups -OCH3 is 1. The van der Waals surface area contributed by atoms with Crippen LogP contribution in [0.15, 0.2) is 36.5 Å². The monoisotopic (exact) mass is 452 g/mol. The summed E-state index contributed by atoms with van der Waals surface area (Å²) in [5.41, 5.74) is 7.24. The molecule has 2 heterocycles. The Balaban J connectivity index is 1.86. The summed E-state index contributed by atoms with van der Waals surface area (Å²) in [4.78, 5) is 31.3. The standard InChI is InChI=1S/C26H32N2O5/c1-17-15-27-22(20(17)10-7-13-29)14-23-21(11-12-24(30)32-3)18(2)25(28-23)26(31)33-16-19-8-5-4-6-9-19/h4-6,8-9,15,27-29H,7,10-14,16H2,1-3H3. The number of nitrogens with one attached hydrogen (secondary N) is 2. The number of carbonyl (C=O) groups is 2.